The fourth-order valence-electron chi connectivity index (χ4n) is 1.10. The van der Waals surface area contributed by atoms with Crippen LogP contribution in [0.4, 0.5) is 0 Å². The van der Waals surface area contributed by atoms with Crippen molar-refractivity contribution in [3.63, 3.8) is 0 Å². The molecule has 3 N–H and O–H groups in total. The van der Waals surface area contributed by atoms with Crippen molar-refractivity contribution < 1.29 is 9.59 Å². The van der Waals surface area contributed by atoms with Gasteiger partial charge in [-0.3, -0.25) is 9.59 Å². The maximum absolute atomic E-state index is 11.7. The molecule has 0 aliphatic heterocycles. The highest BCUT2D eigenvalue weighted by molar-refractivity contribution is 8.00. The highest BCUT2D eigenvalue weighted by Gasteiger charge is 2.22. The summed E-state index contributed by atoms with van der Waals surface area (Å²) >= 11 is 1.45. The Hall–Kier alpha value is -0.550. The summed E-state index contributed by atoms with van der Waals surface area (Å²) < 4.78 is 0. The van der Waals surface area contributed by atoms with Crippen molar-refractivity contribution in [2.75, 3.05) is 11.5 Å². The van der Waals surface area contributed by atoms with Crippen LogP contribution < -0.4 is 11.1 Å². The van der Waals surface area contributed by atoms with Crippen molar-refractivity contribution in [1.29, 1.82) is 0 Å². The van der Waals surface area contributed by atoms with E-state index in [1.165, 1.54) is 11.8 Å². The minimum absolute atomic E-state index is 0.190. The summed E-state index contributed by atoms with van der Waals surface area (Å²) in [5, 5.41) is 3.09. The van der Waals surface area contributed by atoms with E-state index in [0.717, 1.165) is 0 Å². The fourth-order valence-corrected chi connectivity index (χ4v) is 2.33. The third kappa shape index (κ3) is 7.39. The van der Waals surface area contributed by atoms with E-state index in [-0.39, 0.29) is 29.2 Å². The standard InChI is InChI=1S/C12H24N2O2S/c1-8(2)14-9(11(13)16)6-17-7-10(15)12(3,4)5/h8-9,14H,6-7H2,1-5H3,(H2,13,16). The smallest absolute Gasteiger partial charge is 0.235 e. The molecule has 4 nitrogen and oxygen atoms in total. The molecule has 0 aliphatic carbocycles. The first-order valence-corrected chi connectivity index (χ1v) is 6.96. The predicted molar refractivity (Wildman–Crippen MR) is 73.0 cm³/mol. The second-order valence-electron chi connectivity index (χ2n) is 5.46. The number of rotatable bonds is 7. The number of amides is 1. The fraction of sp³-hybridized carbons (Fsp3) is 0.833. The Bertz CT molecular complexity index is 272. The number of carbonyl (C=O) groups excluding carboxylic acids is 2. The molecular weight excluding hydrogens is 236 g/mol. The number of hydrogen-bond acceptors (Lipinski definition) is 4. The maximum atomic E-state index is 11.7. The average Bonchev–Trinajstić information content (AvgIpc) is 2.13. The monoisotopic (exact) mass is 260 g/mol. The zero-order chi connectivity index (χ0) is 13.6. The van der Waals surface area contributed by atoms with Gasteiger partial charge in [-0.1, -0.05) is 34.6 Å². The number of primary amides is 1. The Labute approximate surface area is 108 Å². The molecular formula is C12H24N2O2S. The lowest BCUT2D eigenvalue weighted by Crippen LogP contribution is -2.46. The zero-order valence-electron chi connectivity index (χ0n) is 11.4. The number of nitrogens with two attached hydrogens (primary N) is 1. The second kappa shape index (κ2) is 7.01. The van der Waals surface area contributed by atoms with Crippen LogP contribution in [0.3, 0.4) is 0 Å². The molecule has 1 amide bonds. The number of ketones is 1. The summed E-state index contributed by atoms with van der Waals surface area (Å²) in [7, 11) is 0. The number of nitrogens with one attached hydrogen (secondary N) is 1. The molecule has 0 rings (SSSR count). The van der Waals surface area contributed by atoms with Crippen LogP contribution in [-0.4, -0.2) is 35.3 Å². The molecule has 1 atom stereocenters. The van der Waals surface area contributed by atoms with Crippen LogP contribution in [0.25, 0.3) is 0 Å². The van der Waals surface area contributed by atoms with Crippen LogP contribution in [0.5, 0.6) is 0 Å². The van der Waals surface area contributed by atoms with Crippen molar-refractivity contribution in [2.45, 2.75) is 46.7 Å². The molecule has 0 fully saturated rings. The van der Waals surface area contributed by atoms with Crippen molar-refractivity contribution in [3.8, 4) is 0 Å². The molecule has 0 aromatic carbocycles. The van der Waals surface area contributed by atoms with Crippen LogP contribution in [-0.2, 0) is 9.59 Å². The van der Waals surface area contributed by atoms with Crippen LogP contribution in [0.15, 0.2) is 0 Å². The molecule has 0 aromatic rings. The Kier molecular flexibility index (Phi) is 6.78. The van der Waals surface area contributed by atoms with Crippen molar-refractivity contribution >= 4 is 23.5 Å². The van der Waals surface area contributed by atoms with Gasteiger partial charge in [0.25, 0.3) is 0 Å². The van der Waals surface area contributed by atoms with E-state index >= 15 is 0 Å². The average molecular weight is 260 g/mol. The molecule has 17 heavy (non-hydrogen) atoms. The van der Waals surface area contributed by atoms with Gasteiger partial charge in [-0.15, -0.1) is 0 Å². The minimum Gasteiger partial charge on any atom is -0.368 e. The molecule has 0 bridgehead atoms. The third-order valence-corrected chi connectivity index (χ3v) is 3.27. The predicted octanol–water partition coefficient (Wildman–Crippen LogP) is 1.19. The number of carbonyl (C=O) groups is 2. The van der Waals surface area contributed by atoms with Gasteiger partial charge in [-0.2, -0.15) is 11.8 Å². The lowest BCUT2D eigenvalue weighted by atomic mass is 9.92. The highest BCUT2D eigenvalue weighted by Crippen LogP contribution is 2.18. The second-order valence-corrected chi connectivity index (χ2v) is 6.49. The first kappa shape index (κ1) is 16.4. The first-order chi connectivity index (χ1) is 7.64. The summed E-state index contributed by atoms with van der Waals surface area (Å²) in [5.74, 6) is 0.784. The molecule has 0 aromatic heterocycles. The Morgan fingerprint density at radius 3 is 2.18 bits per heavy atom. The van der Waals surface area contributed by atoms with E-state index in [9.17, 15) is 9.59 Å². The van der Waals surface area contributed by atoms with Gasteiger partial charge in [0.05, 0.1) is 11.8 Å². The SMILES string of the molecule is CC(C)NC(CSCC(=O)C(C)(C)C)C(N)=O. The van der Waals surface area contributed by atoms with Crippen molar-refractivity contribution in [2.24, 2.45) is 11.1 Å². The van der Waals surface area contributed by atoms with Crippen molar-refractivity contribution in [1.82, 2.24) is 5.32 Å². The van der Waals surface area contributed by atoms with Crippen LogP contribution in [0.2, 0.25) is 0 Å². The Balaban J connectivity index is 4.07. The van der Waals surface area contributed by atoms with Crippen LogP contribution in [0, 0.1) is 5.41 Å². The van der Waals surface area contributed by atoms with Gasteiger partial charge in [0.15, 0.2) is 0 Å². The Morgan fingerprint density at radius 1 is 1.29 bits per heavy atom. The lowest BCUT2D eigenvalue weighted by Gasteiger charge is -2.19. The van der Waals surface area contributed by atoms with Gasteiger partial charge >= 0.3 is 0 Å². The molecule has 0 spiro atoms. The summed E-state index contributed by atoms with van der Waals surface area (Å²) in [5.41, 5.74) is 4.97. The molecule has 0 radical (unpaired) electrons. The molecule has 1 unspecified atom stereocenters. The van der Waals surface area contributed by atoms with Crippen LogP contribution >= 0.6 is 11.8 Å². The van der Waals surface area contributed by atoms with Crippen molar-refractivity contribution in [3.05, 3.63) is 0 Å². The third-order valence-electron chi connectivity index (χ3n) is 2.23. The zero-order valence-corrected chi connectivity index (χ0v) is 12.2. The van der Waals surface area contributed by atoms with Gasteiger partial charge < -0.3 is 11.1 Å². The molecule has 100 valence electrons. The molecule has 0 aliphatic rings. The largest absolute Gasteiger partial charge is 0.368 e. The van der Waals surface area contributed by atoms with Gasteiger partial charge in [-0.05, 0) is 0 Å². The highest BCUT2D eigenvalue weighted by atomic mass is 32.2. The molecule has 0 saturated carbocycles. The normalized spacial score (nSPS) is 13.8. The summed E-state index contributed by atoms with van der Waals surface area (Å²) in [6, 6.07) is -0.167. The maximum Gasteiger partial charge on any atom is 0.235 e. The summed E-state index contributed by atoms with van der Waals surface area (Å²) in [4.78, 5) is 22.8. The summed E-state index contributed by atoms with van der Waals surface area (Å²) in [6.45, 7) is 9.61. The minimum atomic E-state index is -0.368. The number of Topliss-reactive ketones (excluding diaryl/α,β-unsaturated/α-hetero) is 1. The summed E-state index contributed by atoms with van der Waals surface area (Å²) in [6.07, 6.45) is 0. The number of thioether (sulfide) groups is 1. The van der Waals surface area contributed by atoms with Gasteiger partial charge in [0.1, 0.15) is 5.78 Å². The van der Waals surface area contributed by atoms with E-state index < -0.39 is 0 Å². The quantitative estimate of drug-likeness (QED) is 0.721. The van der Waals surface area contributed by atoms with Gasteiger partial charge in [-0.25, -0.2) is 0 Å². The van der Waals surface area contributed by atoms with Gasteiger partial charge in [0.2, 0.25) is 5.91 Å². The van der Waals surface area contributed by atoms with E-state index in [1.54, 1.807) is 0 Å². The van der Waals surface area contributed by atoms with E-state index in [0.29, 0.717) is 11.5 Å². The first-order valence-electron chi connectivity index (χ1n) is 5.81. The van der Waals surface area contributed by atoms with E-state index in [1.807, 2.05) is 34.6 Å². The lowest BCUT2D eigenvalue weighted by molar-refractivity contribution is -0.123. The van der Waals surface area contributed by atoms with E-state index in [4.69, 9.17) is 5.73 Å². The van der Waals surface area contributed by atoms with Crippen LogP contribution in [0.1, 0.15) is 34.6 Å². The molecule has 0 saturated heterocycles. The van der Waals surface area contributed by atoms with E-state index in [2.05, 4.69) is 5.32 Å². The van der Waals surface area contributed by atoms with Gasteiger partial charge in [0, 0.05) is 17.2 Å². The Morgan fingerprint density at radius 2 is 1.82 bits per heavy atom. The molecule has 5 heteroatoms. The number of hydrogen-bond donors (Lipinski definition) is 2. The molecule has 0 heterocycles. The topological polar surface area (TPSA) is 72.2 Å².